The molecule has 2 rings (SSSR count). The van der Waals surface area contributed by atoms with Gasteiger partial charge >= 0.3 is 5.97 Å². The van der Waals surface area contributed by atoms with Crippen LogP contribution in [0.2, 0.25) is 25.1 Å². The molecule has 0 atom stereocenters. The van der Waals surface area contributed by atoms with Gasteiger partial charge in [-0.25, -0.2) is 4.79 Å². The van der Waals surface area contributed by atoms with Gasteiger partial charge in [0.15, 0.2) is 6.61 Å². The van der Waals surface area contributed by atoms with E-state index in [-0.39, 0.29) is 19.8 Å². The first-order chi connectivity index (χ1) is 11.9. The van der Waals surface area contributed by atoms with E-state index in [1.165, 1.54) is 18.2 Å². The molecule has 2 aromatic rings. The Morgan fingerprint density at radius 3 is 2.16 bits per heavy atom. The first-order valence-corrected chi connectivity index (χ1v) is 8.76. The zero-order valence-electron chi connectivity index (χ0n) is 12.5. The molecule has 4 nitrogen and oxygen atoms in total. The maximum Gasteiger partial charge on any atom is 0.344 e. The highest BCUT2D eigenvalue weighted by molar-refractivity contribution is 6.43. The van der Waals surface area contributed by atoms with Crippen molar-refractivity contribution in [1.82, 2.24) is 0 Å². The van der Waals surface area contributed by atoms with E-state index in [9.17, 15) is 4.79 Å². The highest BCUT2D eigenvalue weighted by Gasteiger charge is 2.09. The van der Waals surface area contributed by atoms with Crippen molar-refractivity contribution >= 4 is 64.0 Å². The zero-order chi connectivity index (χ0) is 18.4. The molecule has 0 spiro atoms. The largest absolute Gasteiger partial charge is 0.488 e. The van der Waals surface area contributed by atoms with Gasteiger partial charge < -0.3 is 14.2 Å². The minimum Gasteiger partial charge on any atom is -0.488 e. The third-order valence-electron chi connectivity index (χ3n) is 2.82. The highest BCUT2D eigenvalue weighted by Crippen LogP contribution is 2.33. The van der Waals surface area contributed by atoms with Crippen LogP contribution >= 0.6 is 58.0 Å². The SMILES string of the molecule is O=C(COc1ccc(Cl)cc1Cl)OCCOc1cc(Cl)c(Cl)cc1Cl. The molecule has 9 heteroatoms. The lowest BCUT2D eigenvalue weighted by Crippen LogP contribution is -2.18. The summed E-state index contributed by atoms with van der Waals surface area (Å²) in [5.41, 5.74) is 0. The number of carbonyl (C=O) groups is 1. The van der Waals surface area contributed by atoms with Gasteiger partial charge in [0.05, 0.1) is 20.1 Å². The minimum absolute atomic E-state index is 0.00706. The third kappa shape index (κ3) is 6.32. The maximum atomic E-state index is 11.6. The predicted molar refractivity (Wildman–Crippen MR) is 99.9 cm³/mol. The summed E-state index contributed by atoms with van der Waals surface area (Å²) in [5, 5.41) is 1.71. The van der Waals surface area contributed by atoms with Gasteiger partial charge in [-0.2, -0.15) is 0 Å². The van der Waals surface area contributed by atoms with Gasteiger partial charge in [-0.05, 0) is 24.3 Å². The molecule has 0 aliphatic rings. The number of esters is 1. The Balaban J connectivity index is 1.73. The van der Waals surface area contributed by atoms with E-state index in [0.29, 0.717) is 36.6 Å². The van der Waals surface area contributed by atoms with E-state index in [0.717, 1.165) is 0 Å². The summed E-state index contributed by atoms with van der Waals surface area (Å²) in [6.45, 7) is -0.201. The van der Waals surface area contributed by atoms with Crippen LogP contribution in [-0.2, 0) is 9.53 Å². The third-order valence-corrected chi connectivity index (χ3v) is 4.37. The van der Waals surface area contributed by atoms with Crippen molar-refractivity contribution in [2.24, 2.45) is 0 Å². The lowest BCUT2D eigenvalue weighted by molar-refractivity contribution is -0.146. The fourth-order valence-electron chi connectivity index (χ4n) is 1.69. The Bertz CT molecular complexity index is 766. The molecule has 0 saturated carbocycles. The van der Waals surface area contributed by atoms with Gasteiger partial charge in [0.25, 0.3) is 0 Å². The second-order valence-corrected chi connectivity index (χ2v) is 6.69. The van der Waals surface area contributed by atoms with Gasteiger partial charge in [-0.3, -0.25) is 0 Å². The Kier molecular flexibility index (Phi) is 7.79. The average Bonchev–Trinajstić information content (AvgIpc) is 2.55. The second kappa shape index (κ2) is 9.60. The first kappa shape index (κ1) is 20.3. The van der Waals surface area contributed by atoms with Crippen LogP contribution in [0, 0.1) is 0 Å². The Morgan fingerprint density at radius 1 is 0.760 bits per heavy atom. The summed E-state index contributed by atoms with van der Waals surface area (Å²) in [5.74, 6) is 0.105. The van der Waals surface area contributed by atoms with Crippen molar-refractivity contribution < 1.29 is 19.0 Å². The number of benzene rings is 2. The van der Waals surface area contributed by atoms with Gasteiger partial charge in [0, 0.05) is 11.1 Å². The molecule has 0 heterocycles. The van der Waals surface area contributed by atoms with Crippen molar-refractivity contribution in [2.75, 3.05) is 19.8 Å². The molecule has 134 valence electrons. The molecule has 2 aromatic carbocycles. The number of rotatable bonds is 7. The standard InChI is InChI=1S/C16H11Cl5O4/c17-9-1-2-14(12(20)5-9)25-8-16(22)24-4-3-23-15-7-11(19)10(18)6-13(15)21/h1-2,5-7H,3-4,8H2. The Hall–Kier alpha value is -1.04. The van der Waals surface area contributed by atoms with Gasteiger partial charge in [0.2, 0.25) is 0 Å². The van der Waals surface area contributed by atoms with Crippen molar-refractivity contribution in [2.45, 2.75) is 0 Å². The van der Waals surface area contributed by atoms with Crippen LogP contribution < -0.4 is 9.47 Å². The van der Waals surface area contributed by atoms with E-state index in [4.69, 9.17) is 72.2 Å². The summed E-state index contributed by atoms with van der Waals surface area (Å²) in [6.07, 6.45) is 0. The highest BCUT2D eigenvalue weighted by atomic mass is 35.5. The van der Waals surface area contributed by atoms with E-state index in [1.54, 1.807) is 12.1 Å². The van der Waals surface area contributed by atoms with E-state index < -0.39 is 5.97 Å². The summed E-state index contributed by atoms with van der Waals surface area (Å²) < 4.78 is 15.6. The molecule has 0 amide bonds. The molecular formula is C16H11Cl5O4. The van der Waals surface area contributed by atoms with E-state index in [1.807, 2.05) is 0 Å². The molecule has 0 radical (unpaired) electrons. The van der Waals surface area contributed by atoms with Crippen LogP contribution in [-0.4, -0.2) is 25.8 Å². The fourth-order valence-corrected chi connectivity index (χ4v) is 2.75. The summed E-state index contributed by atoms with van der Waals surface area (Å²) in [7, 11) is 0. The summed E-state index contributed by atoms with van der Waals surface area (Å²) >= 11 is 29.4. The van der Waals surface area contributed by atoms with Crippen LogP contribution in [0.15, 0.2) is 30.3 Å². The number of hydrogen-bond donors (Lipinski definition) is 0. The van der Waals surface area contributed by atoms with Crippen LogP contribution in [0.3, 0.4) is 0 Å². The molecule has 0 bridgehead atoms. The lowest BCUT2D eigenvalue weighted by atomic mass is 10.3. The van der Waals surface area contributed by atoms with Crippen molar-refractivity contribution in [3.8, 4) is 11.5 Å². The zero-order valence-corrected chi connectivity index (χ0v) is 16.3. The van der Waals surface area contributed by atoms with E-state index in [2.05, 4.69) is 0 Å². The fraction of sp³-hybridized carbons (Fsp3) is 0.188. The van der Waals surface area contributed by atoms with Gasteiger partial charge in [-0.1, -0.05) is 58.0 Å². The number of ether oxygens (including phenoxy) is 3. The number of carbonyl (C=O) groups excluding carboxylic acids is 1. The molecule has 0 aromatic heterocycles. The van der Waals surface area contributed by atoms with E-state index >= 15 is 0 Å². The predicted octanol–water partition coefficient (Wildman–Crippen LogP) is 5.95. The normalized spacial score (nSPS) is 10.4. The Morgan fingerprint density at radius 2 is 1.44 bits per heavy atom. The van der Waals surface area contributed by atoms with Crippen molar-refractivity contribution in [1.29, 1.82) is 0 Å². The molecule has 0 fully saturated rings. The van der Waals surface area contributed by atoms with Crippen LogP contribution in [0.25, 0.3) is 0 Å². The molecule has 0 aliphatic heterocycles. The molecule has 0 N–H and O–H groups in total. The molecular weight excluding hydrogens is 433 g/mol. The molecule has 0 unspecified atom stereocenters. The summed E-state index contributed by atoms with van der Waals surface area (Å²) in [6, 6.07) is 7.63. The topological polar surface area (TPSA) is 44.8 Å². The van der Waals surface area contributed by atoms with Gasteiger partial charge in [0.1, 0.15) is 24.7 Å². The van der Waals surface area contributed by atoms with Crippen LogP contribution in [0.5, 0.6) is 11.5 Å². The van der Waals surface area contributed by atoms with Crippen LogP contribution in [0.4, 0.5) is 0 Å². The molecule has 0 saturated heterocycles. The quantitative estimate of drug-likeness (QED) is 0.301. The summed E-state index contributed by atoms with van der Waals surface area (Å²) in [4.78, 5) is 11.6. The van der Waals surface area contributed by atoms with Crippen LogP contribution in [0.1, 0.15) is 0 Å². The monoisotopic (exact) mass is 442 g/mol. The average molecular weight is 445 g/mol. The molecule has 25 heavy (non-hydrogen) atoms. The van der Waals surface area contributed by atoms with Crippen molar-refractivity contribution in [3.05, 3.63) is 55.4 Å². The molecule has 0 aliphatic carbocycles. The number of hydrogen-bond acceptors (Lipinski definition) is 4. The first-order valence-electron chi connectivity index (χ1n) is 6.87. The number of halogens is 5. The smallest absolute Gasteiger partial charge is 0.344 e. The van der Waals surface area contributed by atoms with Gasteiger partial charge in [-0.15, -0.1) is 0 Å². The lowest BCUT2D eigenvalue weighted by Gasteiger charge is -2.11. The minimum atomic E-state index is -0.574. The second-order valence-electron chi connectivity index (χ2n) is 4.63. The maximum absolute atomic E-state index is 11.6. The van der Waals surface area contributed by atoms with Crippen molar-refractivity contribution in [3.63, 3.8) is 0 Å². The Labute approximate surface area is 169 Å².